The normalized spacial score (nSPS) is 10.2. The van der Waals surface area contributed by atoms with Crippen LogP contribution < -0.4 is 9.47 Å². The maximum atomic E-state index is 10.7. The first-order valence-electron chi connectivity index (χ1n) is 5.90. The molecule has 2 aromatic carbocycles. The predicted molar refractivity (Wildman–Crippen MR) is 83.1 cm³/mol. The fraction of sp³-hybridized carbons (Fsp3) is 0.143. The highest BCUT2D eigenvalue weighted by atomic mass is 79.9. The van der Waals surface area contributed by atoms with Crippen molar-refractivity contribution in [1.29, 1.82) is 0 Å². The smallest absolute Gasteiger partial charge is 0.288 e. The molecule has 0 heterocycles. The van der Waals surface area contributed by atoms with Gasteiger partial charge in [0.15, 0.2) is 0 Å². The van der Waals surface area contributed by atoms with Crippen LogP contribution in [0.15, 0.2) is 40.9 Å². The van der Waals surface area contributed by atoms with Crippen molar-refractivity contribution in [3.05, 3.63) is 61.6 Å². The average molecular weight is 373 g/mol. The monoisotopic (exact) mass is 371 g/mol. The quantitative estimate of drug-likeness (QED) is 0.568. The molecule has 0 aliphatic carbocycles. The number of nitrogens with zero attached hydrogens (tertiary/aromatic N) is 1. The van der Waals surface area contributed by atoms with Crippen LogP contribution >= 0.6 is 27.5 Å². The summed E-state index contributed by atoms with van der Waals surface area (Å²) in [5, 5.41) is 10.7. The summed E-state index contributed by atoms with van der Waals surface area (Å²) in [5.41, 5.74) is 0.746. The molecule has 0 amide bonds. The van der Waals surface area contributed by atoms with E-state index in [9.17, 15) is 10.1 Å². The number of rotatable bonds is 5. The lowest BCUT2D eigenvalue weighted by Crippen LogP contribution is -1.98. The number of hydrogen-bond donors (Lipinski definition) is 0. The SMILES string of the molecule is COc1ccc(Br)c(COc2ccc([N+](=O)[O-])c(Cl)c2)c1. The zero-order valence-corrected chi connectivity index (χ0v) is 13.3. The van der Waals surface area contributed by atoms with E-state index in [1.54, 1.807) is 7.11 Å². The molecule has 0 aliphatic rings. The third kappa shape index (κ3) is 3.86. The topological polar surface area (TPSA) is 61.6 Å². The number of hydrogen-bond acceptors (Lipinski definition) is 4. The minimum absolute atomic E-state index is 0.0437. The number of nitro benzene ring substituents is 1. The fourth-order valence-electron chi connectivity index (χ4n) is 1.68. The summed E-state index contributed by atoms with van der Waals surface area (Å²) < 4.78 is 11.6. The van der Waals surface area contributed by atoms with Gasteiger partial charge in [-0.15, -0.1) is 0 Å². The summed E-state index contributed by atoms with van der Waals surface area (Å²) in [6, 6.07) is 9.79. The molecule has 0 bridgehead atoms. The van der Waals surface area contributed by atoms with E-state index in [4.69, 9.17) is 21.1 Å². The molecule has 0 fully saturated rings. The molecule has 0 N–H and O–H groups in total. The van der Waals surface area contributed by atoms with Gasteiger partial charge in [0.25, 0.3) is 5.69 Å². The van der Waals surface area contributed by atoms with Gasteiger partial charge in [-0.1, -0.05) is 27.5 Å². The van der Waals surface area contributed by atoms with Crippen LogP contribution in [0.3, 0.4) is 0 Å². The van der Waals surface area contributed by atoms with Gasteiger partial charge in [0.1, 0.15) is 23.1 Å². The lowest BCUT2D eigenvalue weighted by molar-refractivity contribution is -0.384. The van der Waals surface area contributed by atoms with Crippen LogP contribution in [0.2, 0.25) is 5.02 Å². The van der Waals surface area contributed by atoms with Crippen molar-refractivity contribution < 1.29 is 14.4 Å². The highest BCUT2D eigenvalue weighted by molar-refractivity contribution is 9.10. The van der Waals surface area contributed by atoms with Gasteiger partial charge in [0, 0.05) is 22.2 Å². The molecular weight excluding hydrogens is 362 g/mol. The number of nitro groups is 1. The standard InChI is InChI=1S/C14H11BrClNO4/c1-20-10-2-4-12(15)9(6-10)8-21-11-3-5-14(17(18)19)13(16)7-11/h2-7H,8H2,1H3. The highest BCUT2D eigenvalue weighted by Crippen LogP contribution is 2.29. The summed E-state index contributed by atoms with van der Waals surface area (Å²) >= 11 is 9.26. The maximum absolute atomic E-state index is 10.7. The molecule has 0 aromatic heterocycles. The van der Waals surface area contributed by atoms with Gasteiger partial charge in [-0.2, -0.15) is 0 Å². The first kappa shape index (κ1) is 15.6. The van der Waals surface area contributed by atoms with Gasteiger partial charge in [0.05, 0.1) is 12.0 Å². The number of halogens is 2. The van der Waals surface area contributed by atoms with Crippen LogP contribution in [-0.4, -0.2) is 12.0 Å². The van der Waals surface area contributed by atoms with E-state index in [1.165, 1.54) is 18.2 Å². The third-order valence-electron chi connectivity index (χ3n) is 2.76. The molecule has 5 nitrogen and oxygen atoms in total. The van der Waals surface area contributed by atoms with Crippen molar-refractivity contribution in [2.45, 2.75) is 6.61 Å². The van der Waals surface area contributed by atoms with Crippen molar-refractivity contribution in [1.82, 2.24) is 0 Å². The zero-order valence-electron chi connectivity index (χ0n) is 11.0. The molecule has 21 heavy (non-hydrogen) atoms. The maximum Gasteiger partial charge on any atom is 0.288 e. The van der Waals surface area contributed by atoms with Crippen LogP contribution in [0, 0.1) is 10.1 Å². The Labute approximate surface area is 134 Å². The number of ether oxygens (including phenoxy) is 2. The lowest BCUT2D eigenvalue weighted by Gasteiger charge is -2.10. The molecule has 7 heteroatoms. The van der Waals surface area contributed by atoms with Gasteiger partial charge in [-0.05, 0) is 24.3 Å². The van der Waals surface area contributed by atoms with Crippen molar-refractivity contribution in [3.8, 4) is 11.5 Å². The Hall–Kier alpha value is -1.79. The molecule has 0 atom stereocenters. The zero-order chi connectivity index (χ0) is 15.4. The van der Waals surface area contributed by atoms with E-state index in [-0.39, 0.29) is 17.3 Å². The van der Waals surface area contributed by atoms with Gasteiger partial charge >= 0.3 is 0 Å². The summed E-state index contributed by atoms with van der Waals surface area (Å²) in [4.78, 5) is 10.2. The number of methoxy groups -OCH3 is 1. The molecule has 2 aromatic rings. The molecule has 0 unspecified atom stereocenters. The lowest BCUT2D eigenvalue weighted by atomic mass is 10.2. The van der Waals surface area contributed by atoms with Crippen LogP contribution in [0.25, 0.3) is 0 Å². The van der Waals surface area contributed by atoms with E-state index in [2.05, 4.69) is 15.9 Å². The van der Waals surface area contributed by atoms with E-state index < -0.39 is 4.92 Å². The van der Waals surface area contributed by atoms with Crippen LogP contribution in [0.1, 0.15) is 5.56 Å². The molecule has 0 spiro atoms. The van der Waals surface area contributed by atoms with Gasteiger partial charge in [-0.3, -0.25) is 10.1 Å². The first-order valence-corrected chi connectivity index (χ1v) is 7.07. The summed E-state index contributed by atoms with van der Waals surface area (Å²) in [6.45, 7) is 0.284. The molecule has 0 saturated carbocycles. The number of benzene rings is 2. The molecule has 0 saturated heterocycles. The minimum atomic E-state index is -0.537. The van der Waals surface area contributed by atoms with Crippen molar-refractivity contribution >= 4 is 33.2 Å². The van der Waals surface area contributed by atoms with Crippen molar-refractivity contribution in [2.75, 3.05) is 7.11 Å². The highest BCUT2D eigenvalue weighted by Gasteiger charge is 2.13. The molecular formula is C14H11BrClNO4. The molecule has 2 rings (SSSR count). The molecule has 0 radical (unpaired) electrons. The summed E-state index contributed by atoms with van der Waals surface area (Å²) in [6.07, 6.45) is 0. The van der Waals surface area contributed by atoms with E-state index in [0.29, 0.717) is 5.75 Å². The van der Waals surface area contributed by atoms with Crippen molar-refractivity contribution in [2.24, 2.45) is 0 Å². The Balaban J connectivity index is 2.13. The van der Waals surface area contributed by atoms with Crippen molar-refractivity contribution in [3.63, 3.8) is 0 Å². The largest absolute Gasteiger partial charge is 0.497 e. The van der Waals surface area contributed by atoms with E-state index in [1.807, 2.05) is 18.2 Å². The summed E-state index contributed by atoms with van der Waals surface area (Å²) in [7, 11) is 1.59. The van der Waals surface area contributed by atoms with Crippen LogP contribution in [0.4, 0.5) is 5.69 Å². The van der Waals surface area contributed by atoms with Crippen LogP contribution in [-0.2, 0) is 6.61 Å². The first-order chi connectivity index (χ1) is 10.0. The van der Waals surface area contributed by atoms with Gasteiger partial charge < -0.3 is 9.47 Å². The van der Waals surface area contributed by atoms with E-state index >= 15 is 0 Å². The average Bonchev–Trinajstić information content (AvgIpc) is 2.46. The second kappa shape index (κ2) is 6.78. The minimum Gasteiger partial charge on any atom is -0.497 e. The molecule has 0 aliphatic heterocycles. The predicted octanol–water partition coefficient (Wildman–Crippen LogP) is 4.60. The summed E-state index contributed by atoms with van der Waals surface area (Å²) in [5.74, 6) is 1.18. The van der Waals surface area contributed by atoms with Crippen LogP contribution in [0.5, 0.6) is 11.5 Å². The van der Waals surface area contributed by atoms with Gasteiger partial charge in [0.2, 0.25) is 0 Å². The Bertz CT molecular complexity index is 678. The molecule has 110 valence electrons. The Morgan fingerprint density at radius 2 is 1.95 bits per heavy atom. The second-order valence-corrected chi connectivity index (χ2v) is 5.38. The third-order valence-corrected chi connectivity index (χ3v) is 3.84. The van der Waals surface area contributed by atoms with E-state index in [0.717, 1.165) is 15.8 Å². The Morgan fingerprint density at radius 3 is 2.57 bits per heavy atom. The Kier molecular flexibility index (Phi) is 5.03. The fourth-order valence-corrected chi connectivity index (χ4v) is 2.28. The van der Waals surface area contributed by atoms with Gasteiger partial charge in [-0.25, -0.2) is 0 Å². The Morgan fingerprint density at radius 1 is 1.24 bits per heavy atom. The second-order valence-electron chi connectivity index (χ2n) is 4.12.